The van der Waals surface area contributed by atoms with E-state index in [-0.39, 0.29) is 45.4 Å². The Labute approximate surface area is 309 Å². The third-order valence-electron chi connectivity index (χ3n) is 8.05. The van der Waals surface area contributed by atoms with E-state index in [0.29, 0.717) is 17.1 Å². The Morgan fingerprint density at radius 1 is 0.811 bits per heavy atom. The zero-order valence-corrected chi connectivity index (χ0v) is 31.3. The molecule has 0 saturated heterocycles. The molecule has 0 spiro atoms. The molecule has 0 bridgehead atoms. The minimum atomic E-state index is -1.30. The van der Waals surface area contributed by atoms with Gasteiger partial charge in [0.25, 0.3) is 5.91 Å². The molecule has 1 aliphatic carbocycles. The first-order chi connectivity index (χ1) is 24.9. The summed E-state index contributed by atoms with van der Waals surface area (Å²) in [6.07, 6.45) is 3.51. The van der Waals surface area contributed by atoms with E-state index in [2.05, 4.69) is 34.4 Å². The fraction of sp³-hybridized carbons (Fsp3) is 0.459. The first kappa shape index (κ1) is 43.5. The van der Waals surface area contributed by atoms with Crippen LogP contribution in [0.3, 0.4) is 0 Å². The van der Waals surface area contributed by atoms with Crippen LogP contribution in [0.15, 0.2) is 66.9 Å². The molecule has 2 unspecified atom stereocenters. The number of carbonyl (C=O) groups excluding carboxylic acids is 6. The molecule has 290 valence electrons. The molecule has 2 atom stereocenters. The molecule has 4 amide bonds. The van der Waals surface area contributed by atoms with Crippen LogP contribution in [0.1, 0.15) is 53.5 Å². The van der Waals surface area contributed by atoms with Gasteiger partial charge in [0.2, 0.25) is 0 Å². The van der Waals surface area contributed by atoms with E-state index in [1.54, 1.807) is 65.0 Å². The maximum Gasteiger partial charge on any atom is 0.411 e. The number of hydrogen-bond acceptors (Lipinski definition) is 12. The van der Waals surface area contributed by atoms with Crippen molar-refractivity contribution in [2.45, 2.75) is 72.1 Å². The van der Waals surface area contributed by atoms with Crippen LogP contribution >= 0.6 is 0 Å². The van der Waals surface area contributed by atoms with E-state index in [0.717, 1.165) is 23.3 Å². The molecule has 53 heavy (non-hydrogen) atoms. The summed E-state index contributed by atoms with van der Waals surface area (Å²) in [4.78, 5) is 72.8. The number of nitrogens with one attached hydrogen (secondary N) is 4. The topological polar surface area (TPSA) is 206 Å². The van der Waals surface area contributed by atoms with Crippen molar-refractivity contribution in [2.24, 2.45) is 5.92 Å². The molecule has 0 saturated carbocycles. The minimum Gasteiger partial charge on any atom is -0.459 e. The van der Waals surface area contributed by atoms with Crippen LogP contribution < -0.4 is 21.3 Å². The van der Waals surface area contributed by atoms with E-state index in [4.69, 9.17) is 28.4 Å². The number of amides is 4. The molecular formula is C37H50N4O12. The Morgan fingerprint density at radius 2 is 1.38 bits per heavy atom. The van der Waals surface area contributed by atoms with Crippen LogP contribution in [0.2, 0.25) is 0 Å². The van der Waals surface area contributed by atoms with Crippen molar-refractivity contribution in [3.8, 4) is 0 Å². The Balaban J connectivity index is 1.87. The summed E-state index contributed by atoms with van der Waals surface area (Å²) in [7, 11) is 0. The standard InChI is InChI=1S/C37H50N4O12/c1-10-30(42)48-16-18-50-33(45)38-26-14-12-23(3)28(20-26)40-32(44)37(8,9)52-22-25(5)36(6,7)53-35(47)41-29-21-27(15-13-24(29)4)39-34(46)51-19-17-49-31(43)11-2/h10-15,20,25,29H,1-2,16-19,21-22H2,3-9H3,(H,38,45)(H,39,46)(H,40,44)(H,41,47). The highest BCUT2D eigenvalue weighted by Gasteiger charge is 2.35. The lowest BCUT2D eigenvalue weighted by Gasteiger charge is -2.35. The Morgan fingerprint density at radius 3 is 1.96 bits per heavy atom. The number of benzene rings is 1. The summed E-state index contributed by atoms with van der Waals surface area (Å²) in [5.41, 5.74) is 0.522. The molecule has 1 aromatic rings. The SMILES string of the molecule is C=CC(=O)OCCOC(=O)NC1=CC=C(C)C(NC(=O)OC(C)(C)C(C)COC(C)(C)C(=O)Nc2cc(NC(=O)OCCOC(=O)C=C)ccc2C)C1. The van der Waals surface area contributed by atoms with Gasteiger partial charge in [-0.3, -0.25) is 15.4 Å². The van der Waals surface area contributed by atoms with Crippen molar-refractivity contribution in [3.05, 3.63) is 72.5 Å². The maximum atomic E-state index is 13.3. The number of alkyl carbamates (subject to hydrolysis) is 2. The van der Waals surface area contributed by atoms with Crippen molar-refractivity contribution < 1.29 is 57.2 Å². The lowest BCUT2D eigenvalue weighted by Crippen LogP contribution is -2.47. The average Bonchev–Trinajstić information content (AvgIpc) is 3.09. The molecule has 1 aliphatic rings. The predicted octanol–water partition coefficient (Wildman–Crippen LogP) is 5.21. The normalized spacial score (nSPS) is 14.5. The number of aryl methyl sites for hydroxylation is 1. The summed E-state index contributed by atoms with van der Waals surface area (Å²) in [5.74, 6) is -2.07. The molecule has 0 aliphatic heterocycles. The number of esters is 2. The monoisotopic (exact) mass is 742 g/mol. The molecule has 0 aromatic heterocycles. The summed E-state index contributed by atoms with van der Waals surface area (Å²) in [6, 6.07) is 4.43. The van der Waals surface area contributed by atoms with Gasteiger partial charge < -0.3 is 39.1 Å². The number of rotatable bonds is 18. The van der Waals surface area contributed by atoms with Crippen molar-refractivity contribution in [3.63, 3.8) is 0 Å². The van der Waals surface area contributed by atoms with Crippen LogP contribution in [0.4, 0.5) is 25.8 Å². The Hall–Kier alpha value is -5.64. The van der Waals surface area contributed by atoms with Crippen LogP contribution in [-0.4, -0.2) is 86.4 Å². The average molecular weight is 743 g/mol. The van der Waals surface area contributed by atoms with Crippen molar-refractivity contribution in [1.82, 2.24) is 10.6 Å². The Bertz CT molecular complexity index is 1600. The van der Waals surface area contributed by atoms with Gasteiger partial charge in [-0.05, 0) is 65.3 Å². The highest BCUT2D eigenvalue weighted by molar-refractivity contribution is 5.98. The van der Waals surface area contributed by atoms with Crippen molar-refractivity contribution in [2.75, 3.05) is 43.7 Å². The zero-order chi connectivity index (χ0) is 39.8. The first-order valence-electron chi connectivity index (χ1n) is 16.8. The third-order valence-corrected chi connectivity index (χ3v) is 8.05. The van der Waals surface area contributed by atoms with Gasteiger partial charge in [-0.15, -0.1) is 0 Å². The first-order valence-corrected chi connectivity index (χ1v) is 16.8. The van der Waals surface area contributed by atoms with E-state index in [1.807, 2.05) is 13.8 Å². The quantitative estimate of drug-likeness (QED) is 0.0663. The number of anilines is 2. The zero-order valence-electron chi connectivity index (χ0n) is 31.3. The fourth-order valence-electron chi connectivity index (χ4n) is 4.26. The number of allylic oxidation sites excluding steroid dienone is 2. The fourth-order valence-corrected chi connectivity index (χ4v) is 4.26. The summed E-state index contributed by atoms with van der Waals surface area (Å²) >= 11 is 0. The van der Waals surface area contributed by atoms with Crippen LogP contribution in [0.5, 0.6) is 0 Å². The molecule has 0 radical (unpaired) electrons. The number of carbonyl (C=O) groups is 6. The van der Waals surface area contributed by atoms with Crippen LogP contribution in [0.25, 0.3) is 0 Å². The third kappa shape index (κ3) is 15.2. The highest BCUT2D eigenvalue weighted by atomic mass is 16.6. The van der Waals surface area contributed by atoms with Gasteiger partial charge in [0.1, 0.15) is 37.6 Å². The molecule has 1 aromatic carbocycles. The second kappa shape index (κ2) is 20.4. The van der Waals surface area contributed by atoms with Crippen LogP contribution in [-0.2, 0) is 42.8 Å². The van der Waals surface area contributed by atoms with Gasteiger partial charge in [0.05, 0.1) is 12.6 Å². The van der Waals surface area contributed by atoms with E-state index >= 15 is 0 Å². The number of ether oxygens (including phenoxy) is 6. The summed E-state index contributed by atoms with van der Waals surface area (Å²) < 4.78 is 31.3. The minimum absolute atomic E-state index is 0.0588. The van der Waals surface area contributed by atoms with Gasteiger partial charge >= 0.3 is 30.2 Å². The maximum absolute atomic E-state index is 13.3. The molecule has 2 rings (SSSR count). The lowest BCUT2D eigenvalue weighted by molar-refractivity contribution is -0.142. The Kier molecular flexibility index (Phi) is 16.8. The van der Waals surface area contributed by atoms with Crippen LogP contribution in [0, 0.1) is 12.8 Å². The molecular weight excluding hydrogens is 692 g/mol. The predicted molar refractivity (Wildman–Crippen MR) is 195 cm³/mol. The summed E-state index contributed by atoms with van der Waals surface area (Å²) in [5, 5.41) is 10.8. The molecule has 16 nitrogen and oxygen atoms in total. The van der Waals surface area contributed by atoms with E-state index < -0.39 is 53.4 Å². The smallest absolute Gasteiger partial charge is 0.411 e. The molecule has 0 heterocycles. The second-order valence-electron chi connectivity index (χ2n) is 13.0. The summed E-state index contributed by atoms with van der Waals surface area (Å²) in [6.45, 7) is 18.2. The van der Waals surface area contributed by atoms with Crippen molar-refractivity contribution >= 4 is 47.5 Å². The van der Waals surface area contributed by atoms with Crippen molar-refractivity contribution in [1.29, 1.82) is 0 Å². The lowest BCUT2D eigenvalue weighted by atomic mass is 9.93. The molecule has 16 heteroatoms. The molecule has 4 N–H and O–H groups in total. The van der Waals surface area contributed by atoms with E-state index in [1.165, 1.54) is 0 Å². The molecule has 0 fully saturated rings. The van der Waals surface area contributed by atoms with Gasteiger partial charge in [-0.25, -0.2) is 24.0 Å². The van der Waals surface area contributed by atoms with Gasteiger partial charge in [0, 0.05) is 41.6 Å². The number of hydrogen-bond donors (Lipinski definition) is 4. The largest absolute Gasteiger partial charge is 0.459 e. The highest BCUT2D eigenvalue weighted by Crippen LogP contribution is 2.27. The van der Waals surface area contributed by atoms with Gasteiger partial charge in [-0.1, -0.05) is 37.8 Å². The van der Waals surface area contributed by atoms with Gasteiger partial charge in [-0.2, -0.15) is 0 Å². The van der Waals surface area contributed by atoms with E-state index in [9.17, 15) is 28.8 Å². The van der Waals surface area contributed by atoms with Gasteiger partial charge in [0.15, 0.2) is 0 Å². The second-order valence-corrected chi connectivity index (χ2v) is 13.0.